The Balaban J connectivity index is 1.56. The van der Waals surface area contributed by atoms with E-state index in [9.17, 15) is 4.79 Å². The fourth-order valence-corrected chi connectivity index (χ4v) is 4.01. The van der Waals surface area contributed by atoms with Crippen LogP contribution in [0.3, 0.4) is 0 Å². The Morgan fingerprint density at radius 1 is 1.25 bits per heavy atom. The zero-order chi connectivity index (χ0) is 19.3. The van der Waals surface area contributed by atoms with Crippen molar-refractivity contribution in [3.8, 4) is 0 Å². The van der Waals surface area contributed by atoms with Gasteiger partial charge in [0.05, 0.1) is 13.2 Å². The second-order valence-corrected chi connectivity index (χ2v) is 7.62. The van der Waals surface area contributed by atoms with Gasteiger partial charge in [-0.05, 0) is 54.7 Å². The predicted octanol–water partition coefficient (Wildman–Crippen LogP) is 3.18. The molecule has 6 nitrogen and oxygen atoms in total. The van der Waals surface area contributed by atoms with Crippen LogP contribution in [-0.2, 0) is 4.74 Å². The molecular weight excluding hydrogens is 352 g/mol. The van der Waals surface area contributed by atoms with Crippen molar-refractivity contribution in [2.75, 3.05) is 12.4 Å². The summed E-state index contributed by atoms with van der Waals surface area (Å²) in [6.07, 6.45) is 9.76. The molecule has 6 heteroatoms. The summed E-state index contributed by atoms with van der Waals surface area (Å²) in [6.45, 7) is 2.05. The molecule has 2 unspecified atom stereocenters. The monoisotopic (exact) mass is 374 g/mol. The van der Waals surface area contributed by atoms with Crippen LogP contribution in [0.25, 0.3) is 5.57 Å². The van der Waals surface area contributed by atoms with Crippen LogP contribution in [0.1, 0.15) is 45.9 Å². The number of rotatable bonds is 4. The lowest BCUT2D eigenvalue weighted by atomic mass is 9.80. The molecule has 1 amide bonds. The number of nitrogens with one attached hydrogen (secondary N) is 2. The summed E-state index contributed by atoms with van der Waals surface area (Å²) in [5, 5.41) is 6.51. The van der Waals surface area contributed by atoms with Crippen molar-refractivity contribution in [2.24, 2.45) is 0 Å². The summed E-state index contributed by atoms with van der Waals surface area (Å²) < 4.78 is 5.61. The SMILES string of the molecule is COC1=CC=C(c2ccnc(C(=O)NC3CC3)c2)C2c3cc(C)cnc3NC12. The van der Waals surface area contributed by atoms with Gasteiger partial charge in [0.25, 0.3) is 5.91 Å². The van der Waals surface area contributed by atoms with Gasteiger partial charge in [0.15, 0.2) is 0 Å². The van der Waals surface area contributed by atoms with Gasteiger partial charge >= 0.3 is 0 Å². The van der Waals surface area contributed by atoms with Gasteiger partial charge < -0.3 is 15.4 Å². The van der Waals surface area contributed by atoms with Crippen molar-refractivity contribution in [3.05, 3.63) is 70.9 Å². The molecule has 3 heterocycles. The van der Waals surface area contributed by atoms with E-state index in [1.54, 1.807) is 13.3 Å². The maximum absolute atomic E-state index is 12.5. The highest BCUT2D eigenvalue weighted by molar-refractivity contribution is 5.94. The molecular formula is C22H22N4O2. The van der Waals surface area contributed by atoms with Gasteiger partial charge in [-0.15, -0.1) is 0 Å². The second kappa shape index (κ2) is 6.48. The van der Waals surface area contributed by atoms with Crippen LogP contribution < -0.4 is 10.6 Å². The van der Waals surface area contributed by atoms with Gasteiger partial charge in [-0.1, -0.05) is 12.1 Å². The normalized spacial score (nSPS) is 22.4. The number of pyridine rings is 2. The van der Waals surface area contributed by atoms with E-state index >= 15 is 0 Å². The van der Waals surface area contributed by atoms with Crippen LogP contribution >= 0.6 is 0 Å². The van der Waals surface area contributed by atoms with Gasteiger partial charge in [0, 0.05) is 29.9 Å². The molecule has 2 atom stereocenters. The van der Waals surface area contributed by atoms with Gasteiger partial charge in [-0.2, -0.15) is 0 Å². The van der Waals surface area contributed by atoms with Gasteiger partial charge in [0.1, 0.15) is 17.3 Å². The molecule has 5 rings (SSSR count). The molecule has 2 aromatic heterocycles. The van der Waals surface area contributed by atoms with E-state index in [1.165, 1.54) is 0 Å². The van der Waals surface area contributed by atoms with Crippen LogP contribution in [0.15, 0.2) is 48.5 Å². The van der Waals surface area contributed by atoms with Crippen molar-refractivity contribution in [2.45, 2.75) is 37.8 Å². The Morgan fingerprint density at radius 2 is 2.11 bits per heavy atom. The lowest BCUT2D eigenvalue weighted by molar-refractivity contribution is 0.0946. The van der Waals surface area contributed by atoms with Crippen molar-refractivity contribution in [3.63, 3.8) is 0 Å². The number of carbonyl (C=O) groups is 1. The molecule has 3 aliphatic rings. The first-order valence-electron chi connectivity index (χ1n) is 9.60. The molecule has 0 radical (unpaired) electrons. The van der Waals surface area contributed by atoms with Gasteiger partial charge in [-0.3, -0.25) is 9.78 Å². The number of amides is 1. The smallest absolute Gasteiger partial charge is 0.270 e. The van der Waals surface area contributed by atoms with Crippen LogP contribution in [0.4, 0.5) is 5.82 Å². The number of anilines is 1. The Hall–Kier alpha value is -3.15. The van der Waals surface area contributed by atoms with Gasteiger partial charge in [0.2, 0.25) is 0 Å². The summed E-state index contributed by atoms with van der Waals surface area (Å²) in [5.41, 5.74) is 4.85. The molecule has 1 aliphatic heterocycles. The van der Waals surface area contributed by atoms with Crippen LogP contribution in [-0.4, -0.2) is 35.1 Å². The zero-order valence-corrected chi connectivity index (χ0v) is 15.9. The largest absolute Gasteiger partial charge is 0.499 e. The molecule has 0 bridgehead atoms. The first kappa shape index (κ1) is 17.0. The standard InChI is InChI=1S/C22H22N4O2/c1-12-9-16-19-15(5-6-18(28-2)20(19)26-21(16)24-11-12)13-7-8-23-17(10-13)22(27)25-14-3-4-14/h5-11,14,19-20H,3-4H2,1-2H3,(H,24,26)(H,25,27). The zero-order valence-electron chi connectivity index (χ0n) is 15.9. The number of nitrogens with zero attached hydrogens (tertiary/aromatic N) is 2. The number of carbonyl (C=O) groups excluding carboxylic acids is 1. The number of ether oxygens (including phenoxy) is 1. The third kappa shape index (κ3) is 2.85. The van der Waals surface area contributed by atoms with E-state index in [1.807, 2.05) is 31.3 Å². The van der Waals surface area contributed by atoms with Gasteiger partial charge in [-0.25, -0.2) is 4.98 Å². The Labute approximate surface area is 163 Å². The van der Waals surface area contributed by atoms with E-state index < -0.39 is 0 Å². The second-order valence-electron chi connectivity index (χ2n) is 7.62. The number of fused-ring (bicyclic) bond motifs is 3. The van der Waals surface area contributed by atoms with E-state index in [0.717, 1.165) is 46.7 Å². The number of allylic oxidation sites excluding steroid dienone is 2. The predicted molar refractivity (Wildman–Crippen MR) is 107 cm³/mol. The molecule has 142 valence electrons. The minimum atomic E-state index is -0.104. The molecule has 2 aliphatic carbocycles. The quantitative estimate of drug-likeness (QED) is 0.860. The molecule has 1 saturated carbocycles. The summed E-state index contributed by atoms with van der Waals surface area (Å²) in [4.78, 5) is 21.3. The van der Waals surface area contributed by atoms with Crippen LogP contribution in [0.5, 0.6) is 0 Å². The molecule has 0 saturated heterocycles. The van der Waals surface area contributed by atoms with Crippen molar-refractivity contribution < 1.29 is 9.53 Å². The van der Waals surface area contributed by atoms with Crippen LogP contribution in [0, 0.1) is 6.92 Å². The molecule has 2 aromatic rings. The van der Waals surface area contributed by atoms with Crippen molar-refractivity contribution in [1.29, 1.82) is 0 Å². The number of aryl methyl sites for hydroxylation is 1. The molecule has 2 N–H and O–H groups in total. The minimum Gasteiger partial charge on any atom is -0.499 e. The minimum absolute atomic E-state index is 0.00814. The Morgan fingerprint density at radius 3 is 2.89 bits per heavy atom. The fraction of sp³-hybridized carbons (Fsp3) is 0.318. The third-order valence-electron chi connectivity index (χ3n) is 5.56. The fourth-order valence-electron chi connectivity index (χ4n) is 4.01. The first-order valence-corrected chi connectivity index (χ1v) is 9.60. The van der Waals surface area contributed by atoms with E-state index in [2.05, 4.69) is 32.7 Å². The molecule has 28 heavy (non-hydrogen) atoms. The lowest BCUT2D eigenvalue weighted by Gasteiger charge is -2.28. The van der Waals surface area contributed by atoms with Crippen molar-refractivity contribution in [1.82, 2.24) is 15.3 Å². The highest BCUT2D eigenvalue weighted by Gasteiger charge is 2.40. The number of hydrogen-bond donors (Lipinski definition) is 2. The maximum Gasteiger partial charge on any atom is 0.270 e. The summed E-state index contributed by atoms with van der Waals surface area (Å²) in [6, 6.07) is 6.32. The first-order chi connectivity index (χ1) is 13.6. The molecule has 0 aromatic carbocycles. The lowest BCUT2D eigenvalue weighted by Crippen LogP contribution is -2.28. The molecule has 0 spiro atoms. The highest BCUT2D eigenvalue weighted by atomic mass is 16.5. The van der Waals surface area contributed by atoms with E-state index in [4.69, 9.17) is 4.74 Å². The molecule has 1 fully saturated rings. The number of methoxy groups -OCH3 is 1. The third-order valence-corrected chi connectivity index (χ3v) is 5.56. The highest BCUT2D eigenvalue weighted by Crippen LogP contribution is 2.48. The summed E-state index contributed by atoms with van der Waals surface area (Å²) in [5.74, 6) is 1.74. The average Bonchev–Trinajstić information content (AvgIpc) is 3.45. The number of aromatic nitrogens is 2. The van der Waals surface area contributed by atoms with E-state index in [0.29, 0.717) is 11.7 Å². The average molecular weight is 374 g/mol. The summed E-state index contributed by atoms with van der Waals surface area (Å²) in [7, 11) is 1.69. The topological polar surface area (TPSA) is 76.1 Å². The number of hydrogen-bond acceptors (Lipinski definition) is 5. The van der Waals surface area contributed by atoms with E-state index in [-0.39, 0.29) is 17.9 Å². The summed E-state index contributed by atoms with van der Waals surface area (Å²) >= 11 is 0. The van der Waals surface area contributed by atoms with Crippen LogP contribution in [0.2, 0.25) is 0 Å². The maximum atomic E-state index is 12.5. The Kier molecular flexibility index (Phi) is 3.93. The Bertz CT molecular complexity index is 1020. The van der Waals surface area contributed by atoms with Crippen molar-refractivity contribution >= 4 is 17.3 Å².